The number of benzene rings is 2. The number of piperidine rings is 1. The molecule has 0 aliphatic carbocycles. The average molecular weight is 460 g/mol. The highest BCUT2D eigenvalue weighted by atomic mass is 35.5. The lowest BCUT2D eigenvalue weighted by molar-refractivity contribution is -0.126. The maximum Gasteiger partial charge on any atom is 0.255 e. The van der Waals surface area contributed by atoms with Crippen molar-refractivity contribution in [3.05, 3.63) is 76.3 Å². The van der Waals surface area contributed by atoms with E-state index < -0.39 is 0 Å². The van der Waals surface area contributed by atoms with Gasteiger partial charge in [0.1, 0.15) is 12.4 Å². The summed E-state index contributed by atoms with van der Waals surface area (Å²) in [5, 5.41) is 4.85. The molecule has 1 saturated heterocycles. The van der Waals surface area contributed by atoms with Crippen molar-refractivity contribution >= 4 is 41.2 Å². The van der Waals surface area contributed by atoms with E-state index in [0.29, 0.717) is 48.1 Å². The number of nitrogens with one attached hydrogen (secondary N) is 1. The first-order valence-corrected chi connectivity index (χ1v) is 10.6. The van der Waals surface area contributed by atoms with Crippen LogP contribution in [0, 0.1) is 5.92 Å². The first kappa shape index (κ1) is 22.8. The number of hydrazone groups is 1. The van der Waals surface area contributed by atoms with E-state index in [-0.39, 0.29) is 17.7 Å². The zero-order chi connectivity index (χ0) is 22.2. The van der Waals surface area contributed by atoms with Crippen LogP contribution >= 0.6 is 23.2 Å². The lowest BCUT2D eigenvalue weighted by atomic mass is 9.95. The van der Waals surface area contributed by atoms with Crippen LogP contribution in [0.4, 0.5) is 0 Å². The smallest absolute Gasteiger partial charge is 0.255 e. The molecule has 1 aliphatic rings. The molecule has 1 fully saturated rings. The number of carbonyl (C=O) groups is 2. The van der Waals surface area contributed by atoms with Crippen LogP contribution < -0.4 is 10.2 Å². The summed E-state index contributed by atoms with van der Waals surface area (Å²) >= 11 is 12.0. The van der Waals surface area contributed by atoms with E-state index >= 15 is 0 Å². The molecule has 0 aromatic heterocycles. The monoisotopic (exact) mass is 459 g/mol. The summed E-state index contributed by atoms with van der Waals surface area (Å²) in [5.74, 6) is 0.233. The van der Waals surface area contributed by atoms with Crippen molar-refractivity contribution < 1.29 is 14.3 Å². The van der Waals surface area contributed by atoms with Crippen molar-refractivity contribution in [2.45, 2.75) is 12.8 Å². The van der Waals surface area contributed by atoms with Crippen LogP contribution in [0.1, 0.15) is 28.8 Å². The molecule has 0 bridgehead atoms. The highest BCUT2D eigenvalue weighted by Crippen LogP contribution is 2.25. The Labute approximate surface area is 191 Å². The van der Waals surface area contributed by atoms with Crippen LogP contribution in [0.3, 0.4) is 0 Å². The third-order valence-corrected chi connectivity index (χ3v) is 5.50. The van der Waals surface area contributed by atoms with Gasteiger partial charge >= 0.3 is 0 Å². The van der Waals surface area contributed by atoms with Crippen molar-refractivity contribution in [1.82, 2.24) is 10.3 Å². The van der Waals surface area contributed by atoms with Crippen molar-refractivity contribution in [3.63, 3.8) is 0 Å². The van der Waals surface area contributed by atoms with Gasteiger partial charge in [-0.15, -0.1) is 0 Å². The van der Waals surface area contributed by atoms with Crippen molar-refractivity contribution in [1.29, 1.82) is 0 Å². The van der Waals surface area contributed by atoms with Crippen LogP contribution in [0.15, 0.2) is 60.2 Å². The van der Waals surface area contributed by atoms with Crippen LogP contribution in [0.5, 0.6) is 5.75 Å². The second kappa shape index (κ2) is 11.0. The summed E-state index contributed by atoms with van der Waals surface area (Å²) in [6, 6.07) is 12.2. The molecular weight excluding hydrogens is 437 g/mol. The van der Waals surface area contributed by atoms with Crippen LogP contribution in [0.2, 0.25) is 10.0 Å². The quantitative estimate of drug-likeness (QED) is 0.374. The highest BCUT2D eigenvalue weighted by molar-refractivity contribution is 6.36. The van der Waals surface area contributed by atoms with Crippen molar-refractivity contribution in [3.8, 4) is 5.75 Å². The molecule has 3 rings (SSSR count). The predicted octanol–water partition coefficient (Wildman–Crippen LogP) is 4.56. The fraction of sp³-hybridized carbons (Fsp3) is 0.261. The number of amides is 2. The summed E-state index contributed by atoms with van der Waals surface area (Å²) < 4.78 is 5.42. The van der Waals surface area contributed by atoms with Gasteiger partial charge in [-0.1, -0.05) is 35.9 Å². The molecule has 1 heterocycles. The number of rotatable bonds is 7. The molecule has 2 aromatic rings. The molecule has 31 heavy (non-hydrogen) atoms. The molecule has 6 nitrogen and oxygen atoms in total. The van der Waals surface area contributed by atoms with Gasteiger partial charge in [0.2, 0.25) is 5.91 Å². The summed E-state index contributed by atoms with van der Waals surface area (Å²) in [7, 11) is 0. The number of hydrogen-bond donors (Lipinski definition) is 1. The Hall–Kier alpha value is -2.83. The first-order chi connectivity index (χ1) is 15.0. The number of hydrogen-bond acceptors (Lipinski definition) is 4. The van der Waals surface area contributed by atoms with E-state index in [1.165, 1.54) is 0 Å². The number of nitrogens with zero attached hydrogens (tertiary/aromatic N) is 2. The van der Waals surface area contributed by atoms with Gasteiger partial charge in [0.15, 0.2) is 0 Å². The van der Waals surface area contributed by atoms with Gasteiger partial charge in [0.05, 0.1) is 16.8 Å². The Morgan fingerprint density at radius 1 is 1.16 bits per heavy atom. The van der Waals surface area contributed by atoms with Gasteiger partial charge in [-0.2, -0.15) is 5.10 Å². The fourth-order valence-electron chi connectivity index (χ4n) is 3.25. The largest absolute Gasteiger partial charge is 0.490 e. The molecule has 2 aromatic carbocycles. The molecule has 162 valence electrons. The van der Waals surface area contributed by atoms with E-state index in [4.69, 9.17) is 27.9 Å². The van der Waals surface area contributed by atoms with Gasteiger partial charge in [-0.05, 0) is 60.9 Å². The van der Waals surface area contributed by atoms with Crippen molar-refractivity contribution in [2.75, 3.05) is 19.7 Å². The lowest BCUT2D eigenvalue weighted by Gasteiger charge is -2.31. The third-order valence-electron chi connectivity index (χ3n) is 4.95. The molecular formula is C23H23Cl2N3O3. The first-order valence-electron chi connectivity index (χ1n) is 9.89. The minimum atomic E-state index is -0.198. The number of ether oxygens (including phenoxy) is 1. The van der Waals surface area contributed by atoms with Crippen LogP contribution in [-0.2, 0) is 4.79 Å². The maximum atomic E-state index is 12.7. The zero-order valence-corrected chi connectivity index (χ0v) is 18.4. The summed E-state index contributed by atoms with van der Waals surface area (Å²) in [5.41, 5.74) is 3.84. The standard InChI is InChI=1S/C23H23Cl2N3O3/c1-2-13-31-19-6-3-16(4-7-19)15-26-27-22(29)17-9-11-28(12-10-17)23(30)20-8-5-18(24)14-21(20)25/h2-8,14-15,17H,1,9-13H2,(H,27,29)/b26-15-. The summed E-state index contributed by atoms with van der Waals surface area (Å²) in [4.78, 5) is 26.8. The van der Waals surface area contributed by atoms with Gasteiger partial charge in [0, 0.05) is 24.0 Å². The second-order valence-electron chi connectivity index (χ2n) is 7.09. The average Bonchev–Trinajstić information content (AvgIpc) is 2.78. The Bertz CT molecular complexity index is 969. The molecule has 0 unspecified atom stereocenters. The Kier molecular flexibility index (Phi) is 8.09. The van der Waals surface area contributed by atoms with E-state index in [1.54, 1.807) is 35.4 Å². The minimum Gasteiger partial charge on any atom is -0.490 e. The molecule has 8 heteroatoms. The molecule has 0 spiro atoms. The zero-order valence-electron chi connectivity index (χ0n) is 16.9. The van der Waals surface area contributed by atoms with Gasteiger partial charge in [-0.3, -0.25) is 9.59 Å². The Morgan fingerprint density at radius 2 is 1.87 bits per heavy atom. The van der Waals surface area contributed by atoms with Crippen molar-refractivity contribution in [2.24, 2.45) is 11.0 Å². The van der Waals surface area contributed by atoms with Gasteiger partial charge < -0.3 is 9.64 Å². The molecule has 0 saturated carbocycles. The Morgan fingerprint density at radius 3 is 2.52 bits per heavy atom. The van der Waals surface area contributed by atoms with E-state index in [1.807, 2.05) is 24.3 Å². The number of likely N-dealkylation sites (tertiary alicyclic amines) is 1. The van der Waals surface area contributed by atoms with Gasteiger partial charge in [0.25, 0.3) is 5.91 Å². The molecule has 1 N–H and O–H groups in total. The van der Waals surface area contributed by atoms with Gasteiger partial charge in [-0.25, -0.2) is 5.43 Å². The fourth-order valence-corrected chi connectivity index (χ4v) is 3.73. The van der Waals surface area contributed by atoms with E-state index in [2.05, 4.69) is 17.1 Å². The predicted molar refractivity (Wildman–Crippen MR) is 123 cm³/mol. The maximum absolute atomic E-state index is 12.7. The highest BCUT2D eigenvalue weighted by Gasteiger charge is 2.28. The van der Waals surface area contributed by atoms with E-state index in [9.17, 15) is 9.59 Å². The minimum absolute atomic E-state index is 0.154. The lowest BCUT2D eigenvalue weighted by Crippen LogP contribution is -2.42. The van der Waals surface area contributed by atoms with Crippen LogP contribution in [-0.4, -0.2) is 42.6 Å². The Balaban J connectivity index is 1.47. The summed E-state index contributed by atoms with van der Waals surface area (Å²) in [6.07, 6.45) is 4.38. The normalized spacial score (nSPS) is 14.5. The number of carbonyl (C=O) groups excluding carboxylic acids is 2. The number of halogens is 2. The molecule has 2 amide bonds. The SMILES string of the molecule is C=CCOc1ccc(/C=N\NC(=O)C2CCN(C(=O)c3ccc(Cl)cc3Cl)CC2)cc1. The summed E-state index contributed by atoms with van der Waals surface area (Å²) in [6.45, 7) is 5.01. The van der Waals surface area contributed by atoms with E-state index in [0.717, 1.165) is 11.3 Å². The molecule has 0 atom stereocenters. The molecule has 0 radical (unpaired) electrons. The third kappa shape index (κ3) is 6.32. The topological polar surface area (TPSA) is 71.0 Å². The second-order valence-corrected chi connectivity index (χ2v) is 7.94. The van der Waals surface area contributed by atoms with Crippen LogP contribution in [0.25, 0.3) is 0 Å². The molecule has 1 aliphatic heterocycles.